The number of non-ortho nitro benzene ring substituents is 1. The van der Waals surface area contributed by atoms with E-state index in [2.05, 4.69) is 39.6 Å². The molecule has 10 nitrogen and oxygen atoms in total. The molecule has 3 aromatic rings. The highest BCUT2D eigenvalue weighted by Crippen LogP contribution is 2.39. The number of fused-ring (bicyclic) bond motifs is 1. The molecule has 10 heteroatoms. The Hall–Kier alpha value is -4.31. The lowest BCUT2D eigenvalue weighted by atomic mass is 9.82. The molecule has 2 atom stereocenters. The summed E-state index contributed by atoms with van der Waals surface area (Å²) in [7, 11) is 0. The second kappa shape index (κ2) is 11.8. The summed E-state index contributed by atoms with van der Waals surface area (Å²) in [6.07, 6.45) is 6.17. The monoisotopic (exact) mass is 542 g/mol. The Balaban J connectivity index is 1.34. The number of hydrogen-bond acceptors (Lipinski definition) is 6. The Labute approximate surface area is 232 Å². The highest BCUT2D eigenvalue weighted by atomic mass is 16.6. The number of piperidine rings is 1. The fourth-order valence-corrected chi connectivity index (χ4v) is 6.18. The number of benzene rings is 2. The van der Waals surface area contributed by atoms with Crippen molar-refractivity contribution in [3.8, 4) is 0 Å². The van der Waals surface area contributed by atoms with Crippen LogP contribution in [0.3, 0.4) is 0 Å². The van der Waals surface area contributed by atoms with E-state index < -0.39 is 16.9 Å². The third-order valence-corrected chi connectivity index (χ3v) is 8.22. The van der Waals surface area contributed by atoms with Gasteiger partial charge in [-0.15, -0.1) is 0 Å². The van der Waals surface area contributed by atoms with E-state index in [0.717, 1.165) is 67.8 Å². The van der Waals surface area contributed by atoms with Gasteiger partial charge < -0.3 is 20.1 Å². The van der Waals surface area contributed by atoms with E-state index in [1.54, 1.807) is 17.0 Å². The van der Waals surface area contributed by atoms with E-state index in [4.69, 9.17) is 4.99 Å². The Morgan fingerprint density at radius 1 is 1.12 bits per heavy atom. The summed E-state index contributed by atoms with van der Waals surface area (Å²) in [5, 5.41) is 15.4. The Bertz CT molecular complexity index is 1450. The van der Waals surface area contributed by atoms with Gasteiger partial charge >= 0.3 is 0 Å². The second-order valence-electron chi connectivity index (χ2n) is 10.5. The van der Waals surface area contributed by atoms with Crippen LogP contribution in [0.2, 0.25) is 0 Å². The third-order valence-electron chi connectivity index (χ3n) is 8.22. The van der Waals surface area contributed by atoms with Crippen LogP contribution in [0.25, 0.3) is 10.9 Å². The van der Waals surface area contributed by atoms with Crippen molar-refractivity contribution in [1.29, 1.82) is 0 Å². The first-order chi connectivity index (χ1) is 19.4. The molecule has 0 bridgehead atoms. The predicted molar refractivity (Wildman–Crippen MR) is 154 cm³/mol. The lowest BCUT2D eigenvalue weighted by Gasteiger charge is -2.43. The lowest BCUT2D eigenvalue weighted by Crippen LogP contribution is -2.50. The van der Waals surface area contributed by atoms with Crippen molar-refractivity contribution in [1.82, 2.24) is 20.1 Å². The smallest absolute Gasteiger partial charge is 0.269 e. The molecule has 2 amide bonds. The number of nitro groups is 1. The normalized spacial score (nSPS) is 20.3. The molecule has 2 aliphatic heterocycles. The van der Waals surface area contributed by atoms with E-state index >= 15 is 0 Å². The summed E-state index contributed by atoms with van der Waals surface area (Å²) in [6.45, 7) is 6.39. The Morgan fingerprint density at radius 3 is 2.52 bits per heavy atom. The van der Waals surface area contributed by atoms with E-state index in [1.807, 2.05) is 19.9 Å². The maximum Gasteiger partial charge on any atom is 0.269 e. The maximum atomic E-state index is 12.6. The standard InChI is InChI=1S/C30H34N6O4/c1-20-29(32-18-37)28(22-7-9-25(10-8-22)36(39)40)30(21(2)33-20)35(19-38)24-12-15-34(16-13-24)14-11-23-17-31-27-6-4-3-5-26(23)27/h3-10,17-19,24,28-29,31H,11-16H2,1-2H3,(H,32,37). The van der Waals surface area contributed by atoms with Crippen LogP contribution in [0.1, 0.15) is 43.7 Å². The van der Waals surface area contributed by atoms with E-state index in [9.17, 15) is 19.7 Å². The number of hydrogen-bond donors (Lipinski definition) is 2. The van der Waals surface area contributed by atoms with Crippen LogP contribution in [-0.2, 0) is 16.0 Å². The molecule has 2 aromatic carbocycles. The summed E-state index contributed by atoms with van der Waals surface area (Å²) < 4.78 is 0. The van der Waals surface area contributed by atoms with Gasteiger partial charge in [0.25, 0.3) is 5.69 Å². The largest absolute Gasteiger partial charge is 0.361 e. The average Bonchev–Trinajstić information content (AvgIpc) is 3.38. The number of rotatable bonds is 10. The Kier molecular flexibility index (Phi) is 8.06. The quantitative estimate of drug-likeness (QED) is 0.226. The fourth-order valence-electron chi connectivity index (χ4n) is 6.18. The number of H-pyrrole nitrogens is 1. The first-order valence-corrected chi connectivity index (χ1v) is 13.6. The van der Waals surface area contributed by atoms with E-state index in [1.165, 1.54) is 23.1 Å². The second-order valence-corrected chi connectivity index (χ2v) is 10.5. The number of amides is 2. The van der Waals surface area contributed by atoms with E-state index in [-0.39, 0.29) is 11.7 Å². The number of nitrogens with one attached hydrogen (secondary N) is 2. The van der Waals surface area contributed by atoms with Crippen LogP contribution in [-0.4, -0.2) is 70.0 Å². The third kappa shape index (κ3) is 5.40. The zero-order valence-corrected chi connectivity index (χ0v) is 22.7. The van der Waals surface area contributed by atoms with Gasteiger partial charge in [0.2, 0.25) is 12.8 Å². The summed E-state index contributed by atoms with van der Waals surface area (Å²) in [5.41, 5.74) is 5.37. The highest BCUT2D eigenvalue weighted by molar-refractivity contribution is 5.92. The summed E-state index contributed by atoms with van der Waals surface area (Å²) in [4.78, 5) is 47.3. The van der Waals surface area contributed by atoms with E-state index in [0.29, 0.717) is 12.1 Å². The summed E-state index contributed by atoms with van der Waals surface area (Å²) in [5.74, 6) is -0.409. The molecule has 0 spiro atoms. The molecule has 208 valence electrons. The average molecular weight is 543 g/mol. The van der Waals surface area contributed by atoms with Crippen molar-refractivity contribution >= 4 is 35.1 Å². The number of nitro benzene ring substituents is 1. The van der Waals surface area contributed by atoms with Gasteiger partial charge in [-0.1, -0.05) is 30.3 Å². The van der Waals surface area contributed by atoms with Crippen LogP contribution < -0.4 is 5.32 Å². The molecule has 0 saturated carbocycles. The predicted octanol–water partition coefficient (Wildman–Crippen LogP) is 4.15. The van der Waals surface area contributed by atoms with Gasteiger partial charge in [0, 0.05) is 60.6 Å². The maximum absolute atomic E-state index is 12.6. The molecule has 0 radical (unpaired) electrons. The number of allylic oxidation sites excluding steroid dienone is 1. The molecule has 2 aliphatic rings. The van der Waals surface area contributed by atoms with Crippen LogP contribution in [0.4, 0.5) is 5.69 Å². The van der Waals surface area contributed by atoms with Crippen molar-refractivity contribution in [2.75, 3.05) is 19.6 Å². The Morgan fingerprint density at radius 2 is 1.85 bits per heavy atom. The van der Waals surface area contributed by atoms with Gasteiger partial charge in [0.05, 0.1) is 28.3 Å². The molecule has 1 fully saturated rings. The van der Waals surface area contributed by atoms with Crippen molar-refractivity contribution in [2.24, 2.45) is 4.99 Å². The first kappa shape index (κ1) is 27.3. The topological polar surface area (TPSA) is 124 Å². The van der Waals surface area contributed by atoms with Gasteiger partial charge in [-0.2, -0.15) is 0 Å². The number of para-hydroxylation sites is 1. The molecule has 0 aliphatic carbocycles. The van der Waals surface area contributed by atoms with Gasteiger partial charge in [-0.05, 0) is 50.3 Å². The van der Waals surface area contributed by atoms with Crippen molar-refractivity contribution in [3.05, 3.63) is 87.4 Å². The van der Waals surface area contributed by atoms with Crippen LogP contribution in [0.5, 0.6) is 0 Å². The fraction of sp³-hybridized carbons (Fsp3) is 0.367. The van der Waals surface area contributed by atoms with Gasteiger partial charge in [-0.3, -0.25) is 24.7 Å². The molecule has 5 rings (SSSR count). The molecular formula is C30H34N6O4. The van der Waals surface area contributed by atoms with Gasteiger partial charge in [0.1, 0.15) is 0 Å². The lowest BCUT2D eigenvalue weighted by molar-refractivity contribution is -0.384. The van der Waals surface area contributed by atoms with Gasteiger partial charge in [-0.25, -0.2) is 0 Å². The number of aliphatic imine (C=N–C) groups is 1. The minimum absolute atomic E-state index is 0.0145. The molecular weight excluding hydrogens is 508 g/mol. The zero-order valence-electron chi connectivity index (χ0n) is 22.7. The summed E-state index contributed by atoms with van der Waals surface area (Å²) >= 11 is 0. The number of aromatic amines is 1. The summed E-state index contributed by atoms with van der Waals surface area (Å²) in [6, 6.07) is 14.2. The van der Waals surface area contributed by atoms with Gasteiger partial charge in [0.15, 0.2) is 0 Å². The molecule has 1 saturated heterocycles. The minimum atomic E-state index is -0.476. The van der Waals surface area contributed by atoms with Crippen molar-refractivity contribution in [2.45, 2.75) is 51.1 Å². The highest BCUT2D eigenvalue weighted by Gasteiger charge is 2.39. The number of aromatic nitrogens is 1. The SMILES string of the molecule is CC1=NC(C)=C(N(C=O)C2CCN(CCc3c[nH]c4ccccc34)CC2)C(c2ccc([N+](=O)[O-])cc2)C1NC=O. The molecule has 3 heterocycles. The van der Waals surface area contributed by atoms with Crippen LogP contribution >= 0.6 is 0 Å². The molecule has 1 aromatic heterocycles. The van der Waals surface area contributed by atoms with Crippen LogP contribution in [0, 0.1) is 10.1 Å². The molecule has 40 heavy (non-hydrogen) atoms. The van der Waals surface area contributed by atoms with Crippen molar-refractivity contribution < 1.29 is 14.5 Å². The number of carbonyl (C=O) groups is 2. The first-order valence-electron chi connectivity index (χ1n) is 13.6. The minimum Gasteiger partial charge on any atom is -0.361 e. The number of likely N-dealkylation sites (tertiary alicyclic amines) is 1. The number of carbonyl (C=O) groups excluding carboxylic acids is 2. The van der Waals surface area contributed by atoms with Crippen molar-refractivity contribution in [3.63, 3.8) is 0 Å². The molecule has 2 N–H and O–H groups in total. The molecule has 2 unspecified atom stereocenters. The van der Waals surface area contributed by atoms with Crippen LogP contribution in [0.15, 0.2) is 71.1 Å². The number of nitrogens with zero attached hydrogens (tertiary/aromatic N) is 4. The zero-order chi connectivity index (χ0) is 28.2.